The van der Waals surface area contributed by atoms with Crippen molar-refractivity contribution in [2.45, 2.75) is 70.5 Å². The lowest BCUT2D eigenvalue weighted by Gasteiger charge is -2.32. The van der Waals surface area contributed by atoms with E-state index in [1.807, 2.05) is 0 Å². The van der Waals surface area contributed by atoms with E-state index in [9.17, 15) is 0 Å². The minimum absolute atomic E-state index is 0.0189. The predicted molar refractivity (Wildman–Crippen MR) is 66.5 cm³/mol. The molecule has 92 valence electrons. The highest BCUT2D eigenvalue weighted by molar-refractivity contribution is 6.47. The number of piperidine rings is 1. The molecule has 1 N–H and O–H groups in total. The predicted octanol–water partition coefficient (Wildman–Crippen LogP) is 2.22. The van der Waals surface area contributed by atoms with Crippen LogP contribution in [0.25, 0.3) is 0 Å². The SMILES string of the molecule is C[C@@H]1C[C@@H](B2OC(C)(C)C(C)(C)O2)CCN1. The Morgan fingerprint density at radius 1 is 1.12 bits per heavy atom. The van der Waals surface area contributed by atoms with E-state index in [-0.39, 0.29) is 18.3 Å². The summed E-state index contributed by atoms with van der Waals surface area (Å²) in [6.07, 6.45) is 2.30. The van der Waals surface area contributed by atoms with E-state index in [1.165, 1.54) is 0 Å². The van der Waals surface area contributed by atoms with Gasteiger partial charge in [-0.15, -0.1) is 0 Å². The average molecular weight is 225 g/mol. The summed E-state index contributed by atoms with van der Waals surface area (Å²) in [6.45, 7) is 11.8. The Bertz CT molecular complexity index is 252. The highest BCUT2D eigenvalue weighted by atomic mass is 16.7. The van der Waals surface area contributed by atoms with Gasteiger partial charge < -0.3 is 14.6 Å². The lowest BCUT2D eigenvalue weighted by molar-refractivity contribution is 0.00578. The zero-order valence-electron chi connectivity index (χ0n) is 11.2. The van der Waals surface area contributed by atoms with Gasteiger partial charge in [0.15, 0.2) is 0 Å². The maximum Gasteiger partial charge on any atom is 0.461 e. The first kappa shape index (κ1) is 12.4. The molecule has 2 rings (SSSR count). The van der Waals surface area contributed by atoms with Crippen LogP contribution in [0.4, 0.5) is 0 Å². The molecule has 2 saturated heterocycles. The Kier molecular flexibility index (Phi) is 3.10. The van der Waals surface area contributed by atoms with Crippen LogP contribution in [0.15, 0.2) is 0 Å². The van der Waals surface area contributed by atoms with Crippen molar-refractivity contribution in [2.75, 3.05) is 6.54 Å². The van der Waals surface area contributed by atoms with Crippen molar-refractivity contribution in [1.82, 2.24) is 5.32 Å². The van der Waals surface area contributed by atoms with E-state index >= 15 is 0 Å². The van der Waals surface area contributed by atoms with Crippen LogP contribution in [0.1, 0.15) is 47.5 Å². The summed E-state index contributed by atoms with van der Waals surface area (Å²) < 4.78 is 12.2. The van der Waals surface area contributed by atoms with Crippen molar-refractivity contribution in [1.29, 1.82) is 0 Å². The molecule has 0 amide bonds. The van der Waals surface area contributed by atoms with Gasteiger partial charge in [-0.1, -0.05) is 0 Å². The molecule has 0 unspecified atom stereocenters. The number of hydrogen-bond donors (Lipinski definition) is 1. The van der Waals surface area contributed by atoms with Gasteiger partial charge in [-0.05, 0) is 59.8 Å². The van der Waals surface area contributed by atoms with Gasteiger partial charge in [0.05, 0.1) is 11.2 Å². The van der Waals surface area contributed by atoms with Crippen LogP contribution < -0.4 is 5.32 Å². The third-order valence-electron chi connectivity index (χ3n) is 4.32. The Morgan fingerprint density at radius 3 is 2.19 bits per heavy atom. The number of rotatable bonds is 1. The molecular weight excluding hydrogens is 201 g/mol. The van der Waals surface area contributed by atoms with Crippen LogP contribution in [-0.2, 0) is 9.31 Å². The second kappa shape index (κ2) is 4.00. The molecule has 2 fully saturated rings. The molecule has 4 heteroatoms. The summed E-state index contributed by atoms with van der Waals surface area (Å²) in [4.78, 5) is 0. The van der Waals surface area contributed by atoms with Crippen molar-refractivity contribution in [3.63, 3.8) is 0 Å². The monoisotopic (exact) mass is 225 g/mol. The summed E-state index contributed by atoms with van der Waals surface area (Å²) in [5.74, 6) is 0.539. The van der Waals surface area contributed by atoms with Crippen LogP contribution in [0, 0.1) is 0 Å². The van der Waals surface area contributed by atoms with E-state index in [0.717, 1.165) is 19.4 Å². The van der Waals surface area contributed by atoms with Crippen LogP contribution in [0.3, 0.4) is 0 Å². The first-order valence-corrected chi connectivity index (χ1v) is 6.41. The van der Waals surface area contributed by atoms with E-state index < -0.39 is 0 Å². The van der Waals surface area contributed by atoms with E-state index in [4.69, 9.17) is 9.31 Å². The Morgan fingerprint density at radius 2 is 1.69 bits per heavy atom. The lowest BCUT2D eigenvalue weighted by atomic mass is 9.66. The van der Waals surface area contributed by atoms with Crippen LogP contribution in [-0.4, -0.2) is 30.9 Å². The van der Waals surface area contributed by atoms with Crippen molar-refractivity contribution < 1.29 is 9.31 Å². The minimum Gasteiger partial charge on any atom is -0.403 e. The molecule has 0 aromatic heterocycles. The highest BCUT2D eigenvalue weighted by Crippen LogP contribution is 2.42. The van der Waals surface area contributed by atoms with Gasteiger partial charge in [0.2, 0.25) is 0 Å². The molecule has 2 heterocycles. The molecule has 0 radical (unpaired) electrons. The van der Waals surface area contributed by atoms with Gasteiger partial charge in [0.1, 0.15) is 0 Å². The number of hydrogen-bond acceptors (Lipinski definition) is 3. The molecule has 0 aromatic carbocycles. The van der Waals surface area contributed by atoms with Crippen molar-refractivity contribution in [2.24, 2.45) is 0 Å². The Labute approximate surface area is 99.4 Å². The van der Waals surface area contributed by atoms with Crippen LogP contribution >= 0.6 is 0 Å². The minimum atomic E-state index is -0.189. The van der Waals surface area contributed by atoms with Gasteiger partial charge in [0.25, 0.3) is 0 Å². The zero-order valence-corrected chi connectivity index (χ0v) is 11.2. The molecule has 2 atom stereocenters. The molecule has 2 aliphatic heterocycles. The van der Waals surface area contributed by atoms with Gasteiger partial charge in [-0.3, -0.25) is 0 Å². The first-order valence-electron chi connectivity index (χ1n) is 6.41. The topological polar surface area (TPSA) is 30.5 Å². The third kappa shape index (κ3) is 2.15. The van der Waals surface area contributed by atoms with E-state index in [2.05, 4.69) is 39.9 Å². The smallest absolute Gasteiger partial charge is 0.403 e. The first-order chi connectivity index (χ1) is 7.32. The molecule has 0 aromatic rings. The van der Waals surface area contributed by atoms with E-state index in [1.54, 1.807) is 0 Å². The van der Waals surface area contributed by atoms with Crippen LogP contribution in [0.5, 0.6) is 0 Å². The molecule has 16 heavy (non-hydrogen) atoms. The van der Waals surface area contributed by atoms with Crippen LogP contribution in [0.2, 0.25) is 5.82 Å². The van der Waals surface area contributed by atoms with Gasteiger partial charge in [-0.2, -0.15) is 0 Å². The largest absolute Gasteiger partial charge is 0.461 e. The molecule has 0 bridgehead atoms. The fraction of sp³-hybridized carbons (Fsp3) is 1.00. The van der Waals surface area contributed by atoms with Gasteiger partial charge in [0, 0.05) is 6.04 Å². The molecular formula is C12H24BNO2. The van der Waals surface area contributed by atoms with Crippen molar-refractivity contribution in [3.8, 4) is 0 Å². The molecule has 0 aliphatic carbocycles. The Balaban J connectivity index is 2.02. The fourth-order valence-corrected chi connectivity index (χ4v) is 2.50. The number of nitrogens with one attached hydrogen (secondary N) is 1. The lowest BCUT2D eigenvalue weighted by Crippen LogP contribution is -2.41. The quantitative estimate of drug-likeness (QED) is 0.694. The zero-order chi connectivity index (χ0) is 12.0. The second-order valence-corrected chi connectivity index (χ2v) is 6.26. The average Bonchev–Trinajstić information content (AvgIpc) is 2.36. The van der Waals surface area contributed by atoms with E-state index in [0.29, 0.717) is 11.9 Å². The van der Waals surface area contributed by atoms with Gasteiger partial charge >= 0.3 is 7.12 Å². The van der Waals surface area contributed by atoms with Crippen molar-refractivity contribution in [3.05, 3.63) is 0 Å². The fourth-order valence-electron chi connectivity index (χ4n) is 2.50. The van der Waals surface area contributed by atoms with Gasteiger partial charge in [-0.25, -0.2) is 0 Å². The summed E-state index contributed by atoms with van der Waals surface area (Å²) in [5, 5.41) is 3.47. The second-order valence-electron chi connectivity index (χ2n) is 6.26. The maximum atomic E-state index is 6.10. The normalized spacial score (nSPS) is 37.7. The Hall–Kier alpha value is -0.0551. The summed E-state index contributed by atoms with van der Waals surface area (Å²) in [6, 6.07) is 0.581. The summed E-state index contributed by atoms with van der Waals surface area (Å²) in [7, 11) is -0.0189. The maximum absolute atomic E-state index is 6.10. The summed E-state index contributed by atoms with van der Waals surface area (Å²) in [5.41, 5.74) is -0.377. The summed E-state index contributed by atoms with van der Waals surface area (Å²) >= 11 is 0. The highest BCUT2D eigenvalue weighted by Gasteiger charge is 2.53. The molecule has 0 saturated carbocycles. The molecule has 3 nitrogen and oxygen atoms in total. The standard InChI is InChI=1S/C12H24BNO2/c1-9-8-10(6-7-14-9)13-15-11(2,3)12(4,5)16-13/h9-10,14H,6-8H2,1-5H3/t9-,10+/m1/s1. The van der Waals surface area contributed by atoms with Crippen molar-refractivity contribution >= 4 is 7.12 Å². The molecule has 0 spiro atoms. The molecule has 2 aliphatic rings. The third-order valence-corrected chi connectivity index (χ3v) is 4.32.